The Morgan fingerprint density at radius 1 is 1.61 bits per heavy atom. The molecule has 0 aromatic carbocycles. The van der Waals surface area contributed by atoms with Crippen molar-refractivity contribution in [3.05, 3.63) is 29.6 Å². The average Bonchev–Trinajstić information content (AvgIpc) is 2.33. The number of amides is 1. The maximum absolute atomic E-state index is 12.2. The van der Waals surface area contributed by atoms with Gasteiger partial charge in [0.1, 0.15) is 0 Å². The number of carbonyl (C=O) groups excluding carboxylic acids is 1. The lowest BCUT2D eigenvalue weighted by Gasteiger charge is -2.37. The zero-order valence-electron chi connectivity index (χ0n) is 11.2. The molecule has 98 valence electrons. The van der Waals surface area contributed by atoms with E-state index in [1.165, 1.54) is 0 Å². The molecule has 0 spiro atoms. The first kappa shape index (κ1) is 13.0. The van der Waals surface area contributed by atoms with Crippen LogP contribution in [0.25, 0.3) is 0 Å². The van der Waals surface area contributed by atoms with Crippen LogP contribution in [0.1, 0.15) is 37.6 Å². The van der Waals surface area contributed by atoms with Crippen LogP contribution in [-0.4, -0.2) is 24.1 Å². The van der Waals surface area contributed by atoms with Gasteiger partial charge in [-0.15, -0.1) is 0 Å². The Morgan fingerprint density at radius 3 is 2.83 bits per heavy atom. The maximum Gasteiger partial charge on any atom is 0.231 e. The number of aromatic nitrogens is 1. The number of pyridine rings is 1. The van der Waals surface area contributed by atoms with Crippen LogP contribution >= 0.6 is 0 Å². The van der Waals surface area contributed by atoms with Crippen LogP contribution in [0.5, 0.6) is 0 Å². The van der Waals surface area contributed by atoms with Crippen molar-refractivity contribution in [1.29, 1.82) is 0 Å². The zero-order chi connectivity index (χ0) is 13.2. The van der Waals surface area contributed by atoms with Crippen molar-refractivity contribution in [3.8, 4) is 0 Å². The van der Waals surface area contributed by atoms with Gasteiger partial charge >= 0.3 is 0 Å². The minimum Gasteiger partial charge on any atom is -0.379 e. The van der Waals surface area contributed by atoms with Gasteiger partial charge in [-0.3, -0.25) is 9.78 Å². The van der Waals surface area contributed by atoms with Crippen molar-refractivity contribution in [1.82, 2.24) is 10.3 Å². The van der Waals surface area contributed by atoms with Crippen molar-refractivity contribution >= 4 is 5.91 Å². The van der Waals surface area contributed by atoms with Crippen molar-refractivity contribution in [3.63, 3.8) is 0 Å². The van der Waals surface area contributed by atoms with Gasteiger partial charge in [-0.05, 0) is 31.9 Å². The molecule has 2 rings (SSSR count). The van der Waals surface area contributed by atoms with E-state index in [4.69, 9.17) is 4.74 Å². The van der Waals surface area contributed by atoms with E-state index in [-0.39, 0.29) is 17.4 Å². The van der Waals surface area contributed by atoms with Gasteiger partial charge in [0.25, 0.3) is 0 Å². The van der Waals surface area contributed by atoms with Gasteiger partial charge in [-0.1, -0.05) is 13.0 Å². The van der Waals surface area contributed by atoms with E-state index in [0.29, 0.717) is 13.2 Å². The Morgan fingerprint density at radius 2 is 2.33 bits per heavy atom. The quantitative estimate of drug-likeness (QED) is 0.886. The molecule has 1 aliphatic heterocycles. The average molecular weight is 248 g/mol. The van der Waals surface area contributed by atoms with Gasteiger partial charge in [-0.2, -0.15) is 0 Å². The molecule has 0 aliphatic carbocycles. The first-order valence-electron chi connectivity index (χ1n) is 6.37. The molecule has 0 unspecified atom stereocenters. The minimum absolute atomic E-state index is 0.0175. The molecule has 4 heteroatoms. The number of hydrogen-bond donors (Lipinski definition) is 1. The van der Waals surface area contributed by atoms with E-state index in [9.17, 15) is 4.79 Å². The van der Waals surface area contributed by atoms with Gasteiger partial charge in [0.05, 0.1) is 30.4 Å². The first-order chi connectivity index (χ1) is 8.57. The summed E-state index contributed by atoms with van der Waals surface area (Å²) in [7, 11) is 0. The fourth-order valence-electron chi connectivity index (χ4n) is 2.10. The SMILES string of the molecule is CC[C@H](NC(=O)C1(C)COC1)c1ncccc1C. The summed E-state index contributed by atoms with van der Waals surface area (Å²) in [6, 6.07) is 3.91. The van der Waals surface area contributed by atoms with Crippen LogP contribution < -0.4 is 5.32 Å². The molecule has 0 radical (unpaired) electrons. The third-order valence-electron chi connectivity index (χ3n) is 3.48. The van der Waals surface area contributed by atoms with Crippen molar-refractivity contribution in [2.45, 2.75) is 33.2 Å². The number of nitrogens with one attached hydrogen (secondary N) is 1. The Balaban J connectivity index is 2.10. The molecule has 1 saturated heterocycles. The summed E-state index contributed by atoms with van der Waals surface area (Å²) in [6.07, 6.45) is 2.60. The fourth-order valence-corrected chi connectivity index (χ4v) is 2.10. The normalized spacial score (nSPS) is 18.8. The zero-order valence-corrected chi connectivity index (χ0v) is 11.2. The predicted octanol–water partition coefficient (Wildman–Crippen LogP) is 1.99. The molecule has 18 heavy (non-hydrogen) atoms. The minimum atomic E-state index is -0.365. The van der Waals surface area contributed by atoms with Gasteiger partial charge < -0.3 is 10.1 Å². The lowest BCUT2D eigenvalue weighted by molar-refractivity contribution is -0.158. The fraction of sp³-hybridized carbons (Fsp3) is 0.571. The third-order valence-corrected chi connectivity index (χ3v) is 3.48. The highest BCUT2D eigenvalue weighted by atomic mass is 16.5. The first-order valence-corrected chi connectivity index (χ1v) is 6.37. The van der Waals surface area contributed by atoms with Gasteiger partial charge in [-0.25, -0.2) is 0 Å². The molecule has 1 aromatic heterocycles. The summed E-state index contributed by atoms with van der Waals surface area (Å²) in [5, 5.41) is 3.08. The van der Waals surface area contributed by atoms with Gasteiger partial charge in [0.2, 0.25) is 5.91 Å². The van der Waals surface area contributed by atoms with Crippen LogP contribution in [0, 0.1) is 12.3 Å². The van der Waals surface area contributed by atoms with E-state index in [2.05, 4.69) is 17.2 Å². The van der Waals surface area contributed by atoms with Gasteiger partial charge in [0.15, 0.2) is 0 Å². The Labute approximate surface area is 108 Å². The molecule has 1 aromatic rings. The van der Waals surface area contributed by atoms with E-state index in [1.54, 1.807) is 6.20 Å². The summed E-state index contributed by atoms with van der Waals surface area (Å²) < 4.78 is 5.13. The van der Waals surface area contributed by atoms with Crippen molar-refractivity contribution < 1.29 is 9.53 Å². The smallest absolute Gasteiger partial charge is 0.231 e. The molecule has 2 heterocycles. The van der Waals surface area contributed by atoms with E-state index in [0.717, 1.165) is 17.7 Å². The molecule has 1 fully saturated rings. The highest BCUT2D eigenvalue weighted by molar-refractivity contribution is 5.83. The van der Waals surface area contributed by atoms with E-state index < -0.39 is 0 Å². The van der Waals surface area contributed by atoms with E-state index >= 15 is 0 Å². The molecule has 4 nitrogen and oxygen atoms in total. The standard InChI is InChI=1S/C14H20N2O2/c1-4-11(12-10(2)6-5-7-15-12)16-13(17)14(3)8-18-9-14/h5-7,11H,4,8-9H2,1-3H3,(H,16,17)/t11-/m0/s1. The van der Waals surface area contributed by atoms with Crippen LogP contribution in [0.3, 0.4) is 0 Å². The molecule has 0 saturated carbocycles. The number of rotatable bonds is 4. The van der Waals surface area contributed by atoms with Crippen molar-refractivity contribution in [2.24, 2.45) is 5.41 Å². The monoisotopic (exact) mass is 248 g/mol. The lowest BCUT2D eigenvalue weighted by Crippen LogP contribution is -2.52. The van der Waals surface area contributed by atoms with E-state index in [1.807, 2.05) is 26.0 Å². The number of carbonyl (C=O) groups is 1. The highest BCUT2D eigenvalue weighted by Gasteiger charge is 2.41. The number of aryl methyl sites for hydroxylation is 1. The van der Waals surface area contributed by atoms with Crippen LogP contribution in [0.4, 0.5) is 0 Å². The largest absolute Gasteiger partial charge is 0.379 e. The molecule has 1 N–H and O–H groups in total. The van der Waals surface area contributed by atoms with Crippen LogP contribution in [0.2, 0.25) is 0 Å². The summed E-state index contributed by atoms with van der Waals surface area (Å²) in [6.45, 7) is 7.03. The maximum atomic E-state index is 12.2. The lowest BCUT2D eigenvalue weighted by atomic mass is 9.87. The second kappa shape index (κ2) is 5.06. The van der Waals surface area contributed by atoms with Crippen LogP contribution in [-0.2, 0) is 9.53 Å². The Kier molecular flexibility index (Phi) is 3.66. The summed E-state index contributed by atoms with van der Waals surface area (Å²) in [5.41, 5.74) is 1.70. The Hall–Kier alpha value is -1.42. The highest BCUT2D eigenvalue weighted by Crippen LogP contribution is 2.28. The third kappa shape index (κ3) is 2.38. The predicted molar refractivity (Wildman–Crippen MR) is 69.1 cm³/mol. The number of ether oxygens (including phenoxy) is 1. The number of nitrogens with zero attached hydrogens (tertiary/aromatic N) is 1. The molecular formula is C14H20N2O2. The van der Waals surface area contributed by atoms with Crippen LogP contribution in [0.15, 0.2) is 18.3 Å². The summed E-state index contributed by atoms with van der Waals surface area (Å²) in [5.74, 6) is 0.0608. The summed E-state index contributed by atoms with van der Waals surface area (Å²) >= 11 is 0. The van der Waals surface area contributed by atoms with Gasteiger partial charge in [0, 0.05) is 6.20 Å². The summed E-state index contributed by atoms with van der Waals surface area (Å²) in [4.78, 5) is 16.6. The molecule has 1 amide bonds. The molecule has 1 aliphatic rings. The Bertz CT molecular complexity index is 441. The topological polar surface area (TPSA) is 51.2 Å². The van der Waals surface area contributed by atoms with Crippen molar-refractivity contribution in [2.75, 3.05) is 13.2 Å². The molecule has 1 atom stereocenters. The molecular weight excluding hydrogens is 228 g/mol. The second-order valence-corrected chi connectivity index (χ2v) is 5.19. The molecule has 0 bridgehead atoms. The second-order valence-electron chi connectivity index (χ2n) is 5.19. The number of hydrogen-bond acceptors (Lipinski definition) is 3.